The summed E-state index contributed by atoms with van der Waals surface area (Å²) in [7, 11) is 1.89. The number of ether oxygens (including phenoxy) is 1. The summed E-state index contributed by atoms with van der Waals surface area (Å²) in [4.78, 5) is 8.74. The maximum atomic E-state index is 5.86. The molecule has 0 atom stereocenters. The zero-order chi connectivity index (χ0) is 13.9. The highest BCUT2D eigenvalue weighted by Crippen LogP contribution is 2.31. The van der Waals surface area contributed by atoms with Crippen molar-refractivity contribution in [3.8, 4) is 17.0 Å². The van der Waals surface area contributed by atoms with Crippen LogP contribution in [-0.4, -0.2) is 23.1 Å². The van der Waals surface area contributed by atoms with E-state index in [0.717, 1.165) is 34.8 Å². The minimum Gasteiger partial charge on any atom is -0.490 e. The van der Waals surface area contributed by atoms with E-state index in [1.54, 1.807) is 6.33 Å². The van der Waals surface area contributed by atoms with Crippen molar-refractivity contribution in [3.05, 3.63) is 36.2 Å². The largest absolute Gasteiger partial charge is 0.490 e. The summed E-state index contributed by atoms with van der Waals surface area (Å²) in [5, 5.41) is 3.13. The van der Waals surface area contributed by atoms with Crippen LogP contribution in [-0.2, 0) is 6.42 Å². The Labute approximate surface area is 119 Å². The molecule has 1 aliphatic rings. The van der Waals surface area contributed by atoms with Crippen LogP contribution >= 0.6 is 0 Å². The van der Waals surface area contributed by atoms with Crippen molar-refractivity contribution in [2.24, 2.45) is 0 Å². The zero-order valence-corrected chi connectivity index (χ0v) is 11.9. The monoisotopic (exact) mass is 269 g/mol. The van der Waals surface area contributed by atoms with E-state index in [4.69, 9.17) is 4.74 Å². The van der Waals surface area contributed by atoms with Crippen molar-refractivity contribution in [1.29, 1.82) is 0 Å². The zero-order valence-electron chi connectivity index (χ0n) is 11.9. The fourth-order valence-corrected chi connectivity index (χ4v) is 2.31. The number of rotatable bonds is 5. The van der Waals surface area contributed by atoms with Gasteiger partial charge in [-0.05, 0) is 31.4 Å². The number of anilines is 1. The average Bonchev–Trinajstić information content (AvgIpc) is 3.30. The minimum absolute atomic E-state index is 0.411. The second-order valence-corrected chi connectivity index (χ2v) is 5.00. The molecule has 0 radical (unpaired) electrons. The van der Waals surface area contributed by atoms with E-state index < -0.39 is 0 Å². The standard InChI is InChI=1S/C16H19N3O/c1-3-14-15(18-10-19-16(14)17-2)11-5-4-6-13(9-11)20-12-7-8-12/h4-6,9-10,12H,3,7-8H2,1-2H3,(H,17,18,19). The van der Waals surface area contributed by atoms with Gasteiger partial charge in [-0.2, -0.15) is 0 Å². The SMILES string of the molecule is CCc1c(NC)ncnc1-c1cccc(OC2CC2)c1. The van der Waals surface area contributed by atoms with Crippen molar-refractivity contribution in [1.82, 2.24) is 9.97 Å². The molecular weight excluding hydrogens is 250 g/mol. The van der Waals surface area contributed by atoms with Crippen molar-refractivity contribution in [2.45, 2.75) is 32.3 Å². The molecule has 104 valence electrons. The Balaban J connectivity index is 1.99. The molecule has 4 heteroatoms. The van der Waals surface area contributed by atoms with E-state index in [-0.39, 0.29) is 0 Å². The number of hydrogen-bond acceptors (Lipinski definition) is 4. The summed E-state index contributed by atoms with van der Waals surface area (Å²) >= 11 is 0. The summed E-state index contributed by atoms with van der Waals surface area (Å²) < 4.78 is 5.86. The first kappa shape index (κ1) is 12.9. The predicted octanol–water partition coefficient (Wildman–Crippen LogP) is 3.29. The first-order valence-electron chi connectivity index (χ1n) is 7.10. The van der Waals surface area contributed by atoms with Gasteiger partial charge in [0.1, 0.15) is 17.9 Å². The number of benzene rings is 1. The Kier molecular flexibility index (Phi) is 3.54. The van der Waals surface area contributed by atoms with Crippen LogP contribution in [0, 0.1) is 0 Å². The quantitative estimate of drug-likeness (QED) is 0.904. The lowest BCUT2D eigenvalue weighted by Gasteiger charge is -2.12. The lowest BCUT2D eigenvalue weighted by atomic mass is 10.0. The molecule has 1 heterocycles. The van der Waals surface area contributed by atoms with E-state index in [1.165, 1.54) is 12.8 Å². The Bertz CT molecular complexity index is 608. The van der Waals surface area contributed by atoms with Gasteiger partial charge < -0.3 is 10.1 Å². The fourth-order valence-electron chi connectivity index (χ4n) is 2.31. The lowest BCUT2D eigenvalue weighted by molar-refractivity contribution is 0.303. The molecule has 3 rings (SSSR count). The van der Waals surface area contributed by atoms with Crippen LogP contribution in [0.15, 0.2) is 30.6 Å². The summed E-state index contributed by atoms with van der Waals surface area (Å²) in [6.45, 7) is 2.12. The molecule has 4 nitrogen and oxygen atoms in total. The Morgan fingerprint density at radius 3 is 2.85 bits per heavy atom. The highest BCUT2D eigenvalue weighted by Gasteiger charge is 2.23. The first-order valence-corrected chi connectivity index (χ1v) is 7.10. The molecule has 20 heavy (non-hydrogen) atoms. The maximum absolute atomic E-state index is 5.86. The Morgan fingerprint density at radius 2 is 2.15 bits per heavy atom. The normalized spacial score (nSPS) is 14.1. The van der Waals surface area contributed by atoms with Crippen molar-refractivity contribution < 1.29 is 4.74 Å². The van der Waals surface area contributed by atoms with Crippen LogP contribution in [0.2, 0.25) is 0 Å². The fraction of sp³-hybridized carbons (Fsp3) is 0.375. The molecule has 0 spiro atoms. The van der Waals surface area contributed by atoms with E-state index in [1.807, 2.05) is 19.2 Å². The third-order valence-corrected chi connectivity index (χ3v) is 3.47. The smallest absolute Gasteiger partial charge is 0.132 e. The highest BCUT2D eigenvalue weighted by atomic mass is 16.5. The molecule has 1 aromatic heterocycles. The summed E-state index contributed by atoms with van der Waals surface area (Å²) in [5.41, 5.74) is 3.20. The molecule has 2 aromatic rings. The van der Waals surface area contributed by atoms with Gasteiger partial charge in [-0.1, -0.05) is 19.1 Å². The minimum atomic E-state index is 0.411. The van der Waals surface area contributed by atoms with Crippen LogP contribution < -0.4 is 10.1 Å². The van der Waals surface area contributed by atoms with E-state index in [0.29, 0.717) is 6.10 Å². The number of nitrogens with zero attached hydrogens (tertiary/aromatic N) is 2. The number of hydrogen-bond donors (Lipinski definition) is 1. The van der Waals surface area contributed by atoms with Crippen molar-refractivity contribution in [3.63, 3.8) is 0 Å². The topological polar surface area (TPSA) is 47.0 Å². The van der Waals surface area contributed by atoms with E-state index in [2.05, 4.69) is 34.3 Å². The molecule has 1 fully saturated rings. The summed E-state index contributed by atoms with van der Waals surface area (Å²) in [6.07, 6.45) is 5.24. The maximum Gasteiger partial charge on any atom is 0.132 e. The van der Waals surface area contributed by atoms with Crippen LogP contribution in [0.4, 0.5) is 5.82 Å². The van der Waals surface area contributed by atoms with Gasteiger partial charge in [0.2, 0.25) is 0 Å². The molecule has 1 saturated carbocycles. The van der Waals surface area contributed by atoms with E-state index >= 15 is 0 Å². The first-order chi connectivity index (χ1) is 9.81. The Morgan fingerprint density at radius 1 is 1.30 bits per heavy atom. The van der Waals surface area contributed by atoms with Crippen LogP contribution in [0.5, 0.6) is 5.75 Å². The van der Waals surface area contributed by atoms with Gasteiger partial charge in [0.25, 0.3) is 0 Å². The molecule has 1 N–H and O–H groups in total. The van der Waals surface area contributed by atoms with Crippen molar-refractivity contribution in [2.75, 3.05) is 12.4 Å². The van der Waals surface area contributed by atoms with E-state index in [9.17, 15) is 0 Å². The third-order valence-electron chi connectivity index (χ3n) is 3.47. The predicted molar refractivity (Wildman–Crippen MR) is 80.0 cm³/mol. The third kappa shape index (κ3) is 2.59. The second kappa shape index (κ2) is 5.49. The van der Waals surface area contributed by atoms with Crippen LogP contribution in [0.3, 0.4) is 0 Å². The Hall–Kier alpha value is -2.10. The summed E-state index contributed by atoms with van der Waals surface area (Å²) in [5.74, 6) is 1.82. The molecule has 1 aromatic carbocycles. The second-order valence-electron chi connectivity index (χ2n) is 5.00. The van der Waals surface area contributed by atoms with Gasteiger partial charge in [0, 0.05) is 18.2 Å². The number of nitrogens with one attached hydrogen (secondary N) is 1. The van der Waals surface area contributed by atoms with Gasteiger partial charge in [-0.25, -0.2) is 9.97 Å². The van der Waals surface area contributed by atoms with Gasteiger partial charge in [-0.15, -0.1) is 0 Å². The molecule has 0 bridgehead atoms. The molecule has 1 aliphatic carbocycles. The van der Waals surface area contributed by atoms with Gasteiger partial charge in [0.05, 0.1) is 11.8 Å². The molecule has 0 amide bonds. The lowest BCUT2D eigenvalue weighted by Crippen LogP contribution is -2.02. The van der Waals surface area contributed by atoms with Crippen molar-refractivity contribution >= 4 is 5.82 Å². The molecular formula is C16H19N3O. The van der Waals surface area contributed by atoms with Crippen LogP contribution in [0.1, 0.15) is 25.3 Å². The average molecular weight is 269 g/mol. The summed E-state index contributed by atoms with van der Waals surface area (Å²) in [6, 6.07) is 8.17. The van der Waals surface area contributed by atoms with Gasteiger partial charge >= 0.3 is 0 Å². The molecule has 0 unspecified atom stereocenters. The van der Waals surface area contributed by atoms with Gasteiger partial charge in [0.15, 0.2) is 0 Å². The highest BCUT2D eigenvalue weighted by molar-refractivity contribution is 5.69. The molecule has 0 saturated heterocycles. The van der Waals surface area contributed by atoms with Crippen LogP contribution in [0.25, 0.3) is 11.3 Å². The number of aromatic nitrogens is 2. The van der Waals surface area contributed by atoms with Gasteiger partial charge in [-0.3, -0.25) is 0 Å². The molecule has 0 aliphatic heterocycles.